The minimum atomic E-state index is 0.0821. The number of hydrogen-bond donors (Lipinski definition) is 1. The van der Waals surface area contributed by atoms with Crippen molar-refractivity contribution in [2.24, 2.45) is 11.1 Å². The van der Waals surface area contributed by atoms with Gasteiger partial charge >= 0.3 is 0 Å². The smallest absolute Gasteiger partial charge is 0.0344 e. The number of nitrogens with two attached hydrogens (primary N) is 1. The van der Waals surface area contributed by atoms with Crippen LogP contribution in [0.2, 0.25) is 0 Å². The summed E-state index contributed by atoms with van der Waals surface area (Å²) in [5.41, 5.74) is 8.74. The summed E-state index contributed by atoms with van der Waals surface area (Å²) in [5.74, 6) is 0. The second-order valence-corrected chi connectivity index (χ2v) is 5.82. The Hall–Kier alpha value is -0.340. The zero-order chi connectivity index (χ0) is 10.9. The molecule has 2 N–H and O–H groups in total. The number of hydrogen-bond acceptors (Lipinski definition) is 1. The predicted molar refractivity (Wildman–Crippen MR) is 65.3 cm³/mol. The molecular formula is C12H18BrN. The third-order valence-electron chi connectivity index (χ3n) is 2.36. The molecule has 0 aliphatic rings. The fraction of sp³-hybridized carbons (Fsp3) is 0.500. The molecule has 0 heterocycles. The van der Waals surface area contributed by atoms with Crippen LogP contribution in [0.4, 0.5) is 0 Å². The molecule has 1 unspecified atom stereocenters. The van der Waals surface area contributed by atoms with Crippen molar-refractivity contribution in [3.05, 3.63) is 33.8 Å². The van der Waals surface area contributed by atoms with E-state index in [4.69, 9.17) is 5.73 Å². The third-order valence-corrected chi connectivity index (χ3v) is 2.81. The third kappa shape index (κ3) is 2.82. The zero-order valence-corrected chi connectivity index (χ0v) is 10.9. The first-order valence-electron chi connectivity index (χ1n) is 4.83. The molecule has 0 saturated carbocycles. The maximum atomic E-state index is 6.19. The Labute approximate surface area is 94.8 Å². The Kier molecular flexibility index (Phi) is 3.38. The van der Waals surface area contributed by atoms with Crippen molar-refractivity contribution in [2.45, 2.75) is 33.7 Å². The molecule has 14 heavy (non-hydrogen) atoms. The van der Waals surface area contributed by atoms with E-state index in [2.05, 4.69) is 61.8 Å². The molecule has 0 aliphatic carbocycles. The molecule has 2 heteroatoms. The maximum Gasteiger partial charge on any atom is 0.0344 e. The molecule has 0 amide bonds. The van der Waals surface area contributed by atoms with Crippen LogP contribution in [-0.4, -0.2) is 0 Å². The van der Waals surface area contributed by atoms with Crippen LogP contribution >= 0.6 is 15.9 Å². The van der Waals surface area contributed by atoms with Crippen molar-refractivity contribution in [1.82, 2.24) is 0 Å². The summed E-state index contributed by atoms with van der Waals surface area (Å²) in [6.07, 6.45) is 0. The summed E-state index contributed by atoms with van der Waals surface area (Å²) in [4.78, 5) is 0. The van der Waals surface area contributed by atoms with E-state index in [1.54, 1.807) is 0 Å². The summed E-state index contributed by atoms with van der Waals surface area (Å²) in [6.45, 7) is 8.57. The number of halogens is 1. The largest absolute Gasteiger partial charge is 0.324 e. The Morgan fingerprint density at radius 3 is 2.21 bits per heavy atom. The van der Waals surface area contributed by atoms with Gasteiger partial charge in [-0.05, 0) is 35.6 Å². The predicted octanol–water partition coefficient (Wildman–Crippen LogP) is 3.80. The molecule has 1 aromatic rings. The van der Waals surface area contributed by atoms with Crippen molar-refractivity contribution in [3.8, 4) is 0 Å². The van der Waals surface area contributed by atoms with E-state index in [9.17, 15) is 0 Å². The second-order valence-electron chi connectivity index (χ2n) is 4.91. The molecule has 1 aromatic carbocycles. The van der Waals surface area contributed by atoms with Crippen LogP contribution in [0, 0.1) is 12.3 Å². The summed E-state index contributed by atoms with van der Waals surface area (Å²) in [7, 11) is 0. The van der Waals surface area contributed by atoms with E-state index in [0.29, 0.717) is 0 Å². The van der Waals surface area contributed by atoms with Gasteiger partial charge in [0.15, 0.2) is 0 Å². The number of benzene rings is 1. The lowest BCUT2D eigenvalue weighted by Crippen LogP contribution is -2.26. The lowest BCUT2D eigenvalue weighted by molar-refractivity contribution is 0.327. The van der Waals surface area contributed by atoms with Gasteiger partial charge in [0, 0.05) is 10.5 Å². The first-order chi connectivity index (χ1) is 6.30. The fourth-order valence-corrected chi connectivity index (χ4v) is 2.07. The van der Waals surface area contributed by atoms with E-state index in [1.165, 1.54) is 11.1 Å². The van der Waals surface area contributed by atoms with Gasteiger partial charge in [-0.25, -0.2) is 0 Å². The van der Waals surface area contributed by atoms with Gasteiger partial charge in [-0.15, -0.1) is 0 Å². The molecule has 0 spiro atoms. The van der Waals surface area contributed by atoms with Crippen LogP contribution in [0.15, 0.2) is 22.7 Å². The summed E-state index contributed by atoms with van der Waals surface area (Å²) in [6, 6.07) is 6.43. The SMILES string of the molecule is Cc1cc(Br)cc(C(N)C(C)(C)C)c1. The summed E-state index contributed by atoms with van der Waals surface area (Å²) >= 11 is 3.49. The minimum absolute atomic E-state index is 0.0821. The molecule has 0 radical (unpaired) electrons. The topological polar surface area (TPSA) is 26.0 Å². The van der Waals surface area contributed by atoms with E-state index in [0.717, 1.165) is 4.47 Å². The summed E-state index contributed by atoms with van der Waals surface area (Å²) in [5, 5.41) is 0. The van der Waals surface area contributed by atoms with Crippen molar-refractivity contribution in [3.63, 3.8) is 0 Å². The van der Waals surface area contributed by atoms with Crippen LogP contribution in [0.25, 0.3) is 0 Å². The number of aryl methyl sites for hydroxylation is 1. The molecule has 78 valence electrons. The van der Waals surface area contributed by atoms with Gasteiger partial charge in [0.1, 0.15) is 0 Å². The highest BCUT2D eigenvalue weighted by atomic mass is 79.9. The molecule has 0 fully saturated rings. The average Bonchev–Trinajstić information content (AvgIpc) is 1.99. The van der Waals surface area contributed by atoms with Crippen molar-refractivity contribution in [1.29, 1.82) is 0 Å². The van der Waals surface area contributed by atoms with Crippen molar-refractivity contribution >= 4 is 15.9 Å². The van der Waals surface area contributed by atoms with Crippen LogP contribution in [0.3, 0.4) is 0 Å². The van der Waals surface area contributed by atoms with Crippen molar-refractivity contribution < 1.29 is 0 Å². The Bertz CT molecular complexity index is 305. The van der Waals surface area contributed by atoms with Crippen LogP contribution in [0.1, 0.15) is 37.9 Å². The Morgan fingerprint density at radius 2 is 1.79 bits per heavy atom. The zero-order valence-electron chi connectivity index (χ0n) is 9.26. The standard InChI is InChI=1S/C12H18BrN/c1-8-5-9(7-10(13)6-8)11(14)12(2,3)4/h5-7,11H,14H2,1-4H3. The van der Waals surface area contributed by atoms with Crippen LogP contribution in [-0.2, 0) is 0 Å². The van der Waals surface area contributed by atoms with E-state index < -0.39 is 0 Å². The lowest BCUT2D eigenvalue weighted by atomic mass is 9.83. The first-order valence-corrected chi connectivity index (χ1v) is 5.62. The van der Waals surface area contributed by atoms with E-state index >= 15 is 0 Å². The van der Waals surface area contributed by atoms with Crippen molar-refractivity contribution in [2.75, 3.05) is 0 Å². The second kappa shape index (κ2) is 4.03. The van der Waals surface area contributed by atoms with Gasteiger partial charge in [-0.1, -0.05) is 42.8 Å². The van der Waals surface area contributed by atoms with Gasteiger partial charge in [0.25, 0.3) is 0 Å². The normalized spacial score (nSPS) is 14.1. The van der Waals surface area contributed by atoms with Gasteiger partial charge in [-0.2, -0.15) is 0 Å². The molecule has 1 nitrogen and oxygen atoms in total. The highest BCUT2D eigenvalue weighted by Gasteiger charge is 2.22. The minimum Gasteiger partial charge on any atom is -0.324 e. The van der Waals surface area contributed by atoms with Crippen LogP contribution < -0.4 is 5.73 Å². The maximum absolute atomic E-state index is 6.19. The quantitative estimate of drug-likeness (QED) is 0.812. The van der Waals surface area contributed by atoms with Gasteiger partial charge < -0.3 is 5.73 Å². The Morgan fingerprint density at radius 1 is 1.21 bits per heavy atom. The highest BCUT2D eigenvalue weighted by Crippen LogP contribution is 2.32. The molecular weight excluding hydrogens is 238 g/mol. The molecule has 0 bridgehead atoms. The molecule has 1 rings (SSSR count). The van der Waals surface area contributed by atoms with Gasteiger partial charge in [0.05, 0.1) is 0 Å². The van der Waals surface area contributed by atoms with E-state index in [1.807, 2.05) is 0 Å². The molecule has 0 aromatic heterocycles. The lowest BCUT2D eigenvalue weighted by Gasteiger charge is -2.27. The first kappa shape index (κ1) is 11.7. The molecule has 0 saturated heterocycles. The Balaban J connectivity index is 3.07. The van der Waals surface area contributed by atoms with E-state index in [-0.39, 0.29) is 11.5 Å². The van der Waals surface area contributed by atoms with Gasteiger partial charge in [0.2, 0.25) is 0 Å². The molecule has 0 aliphatic heterocycles. The summed E-state index contributed by atoms with van der Waals surface area (Å²) < 4.78 is 1.10. The monoisotopic (exact) mass is 255 g/mol. The number of rotatable bonds is 1. The fourth-order valence-electron chi connectivity index (χ4n) is 1.44. The van der Waals surface area contributed by atoms with Crippen LogP contribution in [0.5, 0.6) is 0 Å². The highest BCUT2D eigenvalue weighted by molar-refractivity contribution is 9.10. The molecule has 1 atom stereocenters. The van der Waals surface area contributed by atoms with Gasteiger partial charge in [-0.3, -0.25) is 0 Å². The average molecular weight is 256 g/mol.